The number of hydrogen-bond acceptors (Lipinski definition) is 5. The average Bonchev–Trinajstić information content (AvgIpc) is 2.95. The molecule has 0 saturated heterocycles. The maximum Gasteiger partial charge on any atom is 0.328 e. The van der Waals surface area contributed by atoms with E-state index < -0.39 is 16.9 Å². The topological polar surface area (TPSA) is 93.5 Å². The molecule has 1 heterocycles. The Morgan fingerprint density at radius 1 is 0.919 bits per heavy atom. The monoisotopic (exact) mass is 498 g/mol. The van der Waals surface area contributed by atoms with E-state index in [1.165, 1.54) is 4.57 Å². The molecule has 1 aromatic heterocycles. The van der Waals surface area contributed by atoms with E-state index in [1.54, 1.807) is 27.2 Å². The van der Waals surface area contributed by atoms with Gasteiger partial charge in [0.1, 0.15) is 11.4 Å². The Hall–Kier alpha value is -4.20. The van der Waals surface area contributed by atoms with Crippen molar-refractivity contribution in [2.45, 2.75) is 12.5 Å². The van der Waals surface area contributed by atoms with Gasteiger partial charge >= 0.3 is 5.69 Å². The van der Waals surface area contributed by atoms with Gasteiger partial charge in [-0.15, -0.1) is 0 Å². The Bertz CT molecular complexity index is 1410. The third kappa shape index (κ3) is 5.18. The minimum absolute atomic E-state index is 0.0345. The summed E-state index contributed by atoms with van der Waals surface area (Å²) >= 11 is 0. The van der Waals surface area contributed by atoms with Gasteiger partial charge in [0.05, 0.1) is 26.0 Å². The van der Waals surface area contributed by atoms with Crippen LogP contribution in [0.2, 0.25) is 0 Å². The molecule has 0 aliphatic heterocycles. The molecule has 0 atom stereocenters. The Balaban J connectivity index is 1.87. The predicted molar refractivity (Wildman–Crippen MR) is 144 cm³/mol. The van der Waals surface area contributed by atoms with Gasteiger partial charge in [-0.3, -0.25) is 14.3 Å². The van der Waals surface area contributed by atoms with Gasteiger partial charge in [0, 0.05) is 12.6 Å². The predicted octanol–water partition coefficient (Wildman–Crippen LogP) is 3.78. The van der Waals surface area contributed by atoms with Gasteiger partial charge in [-0.25, -0.2) is 4.79 Å². The molecule has 0 fully saturated rings. The summed E-state index contributed by atoms with van der Waals surface area (Å²) in [6.07, 6.45) is 1.64. The van der Waals surface area contributed by atoms with Crippen LogP contribution in [-0.4, -0.2) is 35.0 Å². The minimum atomic E-state index is -1.02. The van der Waals surface area contributed by atoms with E-state index in [4.69, 9.17) is 9.47 Å². The summed E-state index contributed by atoms with van der Waals surface area (Å²) in [5.74, 6) is 0.723. The second kappa shape index (κ2) is 11.2. The van der Waals surface area contributed by atoms with Crippen LogP contribution in [0.5, 0.6) is 5.75 Å². The number of aliphatic hydroxyl groups is 1. The van der Waals surface area contributed by atoms with Crippen molar-refractivity contribution in [2.24, 2.45) is 7.05 Å². The molecule has 7 nitrogen and oxygen atoms in total. The zero-order valence-corrected chi connectivity index (χ0v) is 21.1. The lowest BCUT2D eigenvalue weighted by atomic mass is 9.80. The number of nitrogens with one attached hydrogen (secondary N) is 1. The lowest BCUT2D eigenvalue weighted by molar-refractivity contribution is 0.0247. The van der Waals surface area contributed by atoms with E-state index in [0.717, 1.165) is 22.4 Å². The van der Waals surface area contributed by atoms with Crippen LogP contribution in [0.25, 0.3) is 6.08 Å². The summed E-state index contributed by atoms with van der Waals surface area (Å²) in [6.45, 7) is 1.35. The van der Waals surface area contributed by atoms with E-state index in [-0.39, 0.29) is 13.2 Å². The van der Waals surface area contributed by atoms with Crippen molar-refractivity contribution < 1.29 is 14.6 Å². The number of methoxy groups -OCH3 is 1. The van der Waals surface area contributed by atoms with Crippen LogP contribution in [0.15, 0.2) is 100 Å². The first-order chi connectivity index (χ1) is 17.9. The van der Waals surface area contributed by atoms with Crippen molar-refractivity contribution in [1.29, 1.82) is 0 Å². The highest BCUT2D eigenvalue weighted by atomic mass is 16.5. The van der Waals surface area contributed by atoms with Crippen molar-refractivity contribution >= 4 is 6.08 Å². The standard InChI is InChI=1S/C30H30N2O5/c1-21-27(32(2)29(35)31-28(21)34)18-22(19-33)20-37-30(23-10-6-4-7-11-23,24-12-8-5-9-13-24)25-14-16-26(36-3)17-15-25/h4-18,33H,19-20H2,1-3H3,(H,31,34,35)/b22-18-. The van der Waals surface area contributed by atoms with Gasteiger partial charge in [-0.1, -0.05) is 72.8 Å². The third-order valence-electron chi connectivity index (χ3n) is 6.49. The molecule has 37 heavy (non-hydrogen) atoms. The molecule has 0 amide bonds. The van der Waals surface area contributed by atoms with Gasteiger partial charge in [0.2, 0.25) is 0 Å². The Morgan fingerprint density at radius 3 is 1.97 bits per heavy atom. The van der Waals surface area contributed by atoms with Crippen LogP contribution in [0, 0.1) is 6.92 Å². The Morgan fingerprint density at radius 2 is 1.46 bits per heavy atom. The molecular weight excluding hydrogens is 468 g/mol. The molecule has 0 spiro atoms. The third-order valence-corrected chi connectivity index (χ3v) is 6.49. The first-order valence-electron chi connectivity index (χ1n) is 11.9. The zero-order chi connectivity index (χ0) is 26.4. The fourth-order valence-corrected chi connectivity index (χ4v) is 4.41. The molecule has 190 valence electrons. The maximum absolute atomic E-state index is 12.2. The molecule has 4 rings (SSSR count). The van der Waals surface area contributed by atoms with Crippen LogP contribution in [0.1, 0.15) is 27.9 Å². The SMILES string of the molecule is COc1ccc(C(OC/C(=C\c2c(C)c(=O)[nH]c(=O)n2C)CO)(c2ccccc2)c2ccccc2)cc1. The van der Waals surface area contributed by atoms with Crippen molar-refractivity contribution in [2.75, 3.05) is 20.3 Å². The average molecular weight is 499 g/mol. The molecule has 0 saturated carbocycles. The largest absolute Gasteiger partial charge is 0.497 e. The number of aromatic nitrogens is 2. The summed E-state index contributed by atoms with van der Waals surface area (Å²) in [6, 6.07) is 27.4. The van der Waals surface area contributed by atoms with Crippen molar-refractivity contribution in [1.82, 2.24) is 9.55 Å². The van der Waals surface area contributed by atoms with Crippen LogP contribution in [-0.2, 0) is 17.4 Å². The van der Waals surface area contributed by atoms with E-state index in [2.05, 4.69) is 4.98 Å². The van der Waals surface area contributed by atoms with Crippen LogP contribution >= 0.6 is 0 Å². The van der Waals surface area contributed by atoms with E-state index >= 15 is 0 Å². The number of H-pyrrole nitrogens is 1. The molecule has 0 bridgehead atoms. The molecule has 3 aromatic carbocycles. The molecule has 0 aliphatic rings. The van der Waals surface area contributed by atoms with E-state index in [9.17, 15) is 14.7 Å². The number of ether oxygens (including phenoxy) is 2. The molecule has 7 heteroatoms. The summed E-state index contributed by atoms with van der Waals surface area (Å²) in [5.41, 5.74) is 1.98. The zero-order valence-electron chi connectivity index (χ0n) is 21.1. The smallest absolute Gasteiger partial charge is 0.328 e. The minimum Gasteiger partial charge on any atom is -0.497 e. The first-order valence-corrected chi connectivity index (χ1v) is 11.9. The number of nitrogens with zero attached hydrogens (tertiary/aromatic N) is 1. The normalized spacial score (nSPS) is 11.9. The Labute approximate surface area is 215 Å². The number of aliphatic hydroxyl groups excluding tert-OH is 1. The van der Waals surface area contributed by atoms with Gasteiger partial charge in [-0.05, 0) is 47.4 Å². The van der Waals surface area contributed by atoms with Crippen LogP contribution in [0.3, 0.4) is 0 Å². The maximum atomic E-state index is 12.2. The van der Waals surface area contributed by atoms with Crippen molar-refractivity contribution in [3.63, 3.8) is 0 Å². The second-order valence-corrected chi connectivity index (χ2v) is 8.72. The number of rotatable bonds is 9. The second-order valence-electron chi connectivity index (χ2n) is 8.72. The number of aromatic amines is 1. The highest BCUT2D eigenvalue weighted by molar-refractivity contribution is 5.53. The van der Waals surface area contributed by atoms with E-state index in [0.29, 0.717) is 16.8 Å². The molecule has 0 unspecified atom stereocenters. The molecule has 2 N–H and O–H groups in total. The summed E-state index contributed by atoms with van der Waals surface area (Å²) in [4.78, 5) is 26.7. The number of benzene rings is 3. The van der Waals surface area contributed by atoms with Gasteiger partial charge in [0.15, 0.2) is 0 Å². The van der Waals surface area contributed by atoms with Gasteiger partial charge in [-0.2, -0.15) is 0 Å². The number of hydrogen-bond donors (Lipinski definition) is 2. The quantitative estimate of drug-likeness (QED) is 0.343. The van der Waals surface area contributed by atoms with Crippen LogP contribution < -0.4 is 16.0 Å². The summed E-state index contributed by atoms with van der Waals surface area (Å²) < 4.78 is 13.5. The fourth-order valence-electron chi connectivity index (χ4n) is 4.41. The van der Waals surface area contributed by atoms with Crippen molar-refractivity contribution in [3.05, 3.63) is 139 Å². The van der Waals surface area contributed by atoms with Crippen LogP contribution in [0.4, 0.5) is 0 Å². The molecule has 0 radical (unpaired) electrons. The highest BCUT2D eigenvalue weighted by Crippen LogP contribution is 2.41. The highest BCUT2D eigenvalue weighted by Gasteiger charge is 2.37. The molecule has 0 aliphatic carbocycles. The lowest BCUT2D eigenvalue weighted by Gasteiger charge is -2.36. The van der Waals surface area contributed by atoms with Gasteiger partial charge in [0.25, 0.3) is 5.56 Å². The summed E-state index contributed by atoms with van der Waals surface area (Å²) in [5, 5.41) is 10.2. The van der Waals surface area contributed by atoms with Gasteiger partial charge < -0.3 is 14.6 Å². The summed E-state index contributed by atoms with van der Waals surface area (Å²) in [7, 11) is 3.19. The fraction of sp³-hybridized carbons (Fsp3) is 0.200. The first kappa shape index (κ1) is 25.9. The molecule has 4 aromatic rings. The van der Waals surface area contributed by atoms with E-state index in [1.807, 2.05) is 84.9 Å². The Kier molecular flexibility index (Phi) is 7.86. The lowest BCUT2D eigenvalue weighted by Crippen LogP contribution is -2.34. The molecular formula is C30H30N2O5. The van der Waals surface area contributed by atoms with Crippen molar-refractivity contribution in [3.8, 4) is 5.75 Å².